The number of aromatic nitrogens is 3. The van der Waals surface area contributed by atoms with Crippen molar-refractivity contribution in [3.63, 3.8) is 0 Å². The van der Waals surface area contributed by atoms with Crippen molar-refractivity contribution >= 4 is 29.1 Å². The fourth-order valence-corrected chi connectivity index (χ4v) is 3.17. The van der Waals surface area contributed by atoms with Gasteiger partial charge in [0.05, 0.1) is 6.04 Å². The lowest BCUT2D eigenvalue weighted by atomic mass is 10.3. The van der Waals surface area contributed by atoms with Crippen LogP contribution in [-0.2, 0) is 7.05 Å². The fourth-order valence-electron chi connectivity index (χ4n) is 2.39. The third-order valence-corrected chi connectivity index (χ3v) is 5.03. The Bertz CT molecular complexity index is 782. The largest absolute Gasteiger partial charge is 0.351 e. The average molecular weight is 379 g/mol. The van der Waals surface area contributed by atoms with Crippen LogP contribution in [0.15, 0.2) is 6.20 Å². The van der Waals surface area contributed by atoms with E-state index in [1.807, 2.05) is 13.8 Å². The lowest BCUT2D eigenvalue weighted by molar-refractivity contribution is 0.0945. The SMILES string of the molecule is CCCCNC(=O)c1c(NC(=O)NC(C)c2ncc(C)s2)nc(C)n1C. The zero-order chi connectivity index (χ0) is 19.3. The van der Waals surface area contributed by atoms with Gasteiger partial charge >= 0.3 is 6.03 Å². The van der Waals surface area contributed by atoms with Crippen molar-refractivity contribution in [3.05, 3.63) is 27.6 Å². The molecule has 0 aliphatic carbocycles. The van der Waals surface area contributed by atoms with Crippen molar-refractivity contribution in [2.45, 2.75) is 46.6 Å². The zero-order valence-electron chi connectivity index (χ0n) is 15.8. The number of anilines is 1. The van der Waals surface area contributed by atoms with E-state index in [0.717, 1.165) is 22.7 Å². The van der Waals surface area contributed by atoms with Gasteiger partial charge in [0, 0.05) is 24.7 Å². The quantitative estimate of drug-likeness (QED) is 0.645. The van der Waals surface area contributed by atoms with Gasteiger partial charge in [-0.3, -0.25) is 10.1 Å². The number of unbranched alkanes of at least 4 members (excludes halogenated alkanes) is 1. The van der Waals surface area contributed by atoms with E-state index in [9.17, 15) is 9.59 Å². The van der Waals surface area contributed by atoms with Gasteiger partial charge < -0.3 is 15.2 Å². The summed E-state index contributed by atoms with van der Waals surface area (Å²) in [6, 6.07) is -0.661. The third-order valence-electron chi connectivity index (χ3n) is 3.94. The topological polar surface area (TPSA) is 101 Å². The number of rotatable bonds is 7. The van der Waals surface area contributed by atoms with Crippen LogP contribution in [0.1, 0.15) is 58.9 Å². The average Bonchev–Trinajstić information content (AvgIpc) is 3.12. The van der Waals surface area contributed by atoms with E-state index in [1.54, 1.807) is 24.7 Å². The van der Waals surface area contributed by atoms with E-state index in [2.05, 4.69) is 32.8 Å². The third kappa shape index (κ3) is 4.81. The van der Waals surface area contributed by atoms with E-state index >= 15 is 0 Å². The normalized spacial score (nSPS) is 11.9. The molecule has 26 heavy (non-hydrogen) atoms. The molecule has 2 aromatic rings. The van der Waals surface area contributed by atoms with Gasteiger partial charge in [-0.05, 0) is 27.2 Å². The van der Waals surface area contributed by atoms with Crippen molar-refractivity contribution in [1.29, 1.82) is 0 Å². The summed E-state index contributed by atoms with van der Waals surface area (Å²) in [7, 11) is 1.75. The van der Waals surface area contributed by atoms with Gasteiger partial charge in [-0.25, -0.2) is 14.8 Å². The standard InChI is InChI=1S/C17H26N6O2S/c1-6-7-8-18-15(24)13-14(21-12(4)23(13)5)22-17(25)20-11(3)16-19-9-10(2)26-16/h9,11H,6-8H2,1-5H3,(H,18,24)(H2,20,22,25). The summed E-state index contributed by atoms with van der Waals surface area (Å²) in [5.74, 6) is 0.643. The second kappa shape index (κ2) is 8.79. The molecule has 2 rings (SSSR count). The molecule has 0 radical (unpaired) electrons. The number of hydrogen-bond acceptors (Lipinski definition) is 5. The molecule has 0 saturated heterocycles. The molecule has 0 aromatic carbocycles. The van der Waals surface area contributed by atoms with Gasteiger partial charge in [-0.15, -0.1) is 11.3 Å². The molecule has 3 N–H and O–H groups in total. The molecule has 0 fully saturated rings. The maximum atomic E-state index is 12.5. The lowest BCUT2D eigenvalue weighted by Gasteiger charge is -2.12. The summed E-state index contributed by atoms with van der Waals surface area (Å²) in [6.07, 6.45) is 3.67. The Hall–Kier alpha value is -2.42. The smallest absolute Gasteiger partial charge is 0.321 e. The molecular weight excluding hydrogens is 352 g/mol. The number of nitrogens with one attached hydrogen (secondary N) is 3. The molecule has 1 atom stereocenters. The molecule has 0 aliphatic heterocycles. The van der Waals surface area contributed by atoms with Crippen LogP contribution in [0.4, 0.5) is 10.6 Å². The monoisotopic (exact) mass is 378 g/mol. The molecule has 0 saturated carbocycles. The van der Waals surface area contributed by atoms with E-state index in [1.165, 1.54) is 11.3 Å². The van der Waals surface area contributed by atoms with Crippen molar-refractivity contribution in [1.82, 2.24) is 25.2 Å². The molecule has 0 spiro atoms. The van der Waals surface area contributed by atoms with Gasteiger partial charge in [-0.2, -0.15) is 0 Å². The fraction of sp³-hybridized carbons (Fsp3) is 0.529. The Morgan fingerprint density at radius 3 is 2.69 bits per heavy atom. The first-order valence-corrected chi connectivity index (χ1v) is 9.46. The molecule has 8 nitrogen and oxygen atoms in total. The highest BCUT2D eigenvalue weighted by Gasteiger charge is 2.22. The first kappa shape index (κ1) is 19.9. The van der Waals surface area contributed by atoms with E-state index in [4.69, 9.17) is 0 Å². The van der Waals surface area contributed by atoms with E-state index < -0.39 is 6.03 Å². The highest BCUT2D eigenvalue weighted by atomic mass is 32.1. The van der Waals surface area contributed by atoms with Gasteiger partial charge in [0.25, 0.3) is 5.91 Å². The lowest BCUT2D eigenvalue weighted by Crippen LogP contribution is -2.33. The van der Waals surface area contributed by atoms with Gasteiger partial charge in [-0.1, -0.05) is 13.3 Å². The first-order valence-electron chi connectivity index (χ1n) is 8.64. The maximum absolute atomic E-state index is 12.5. The summed E-state index contributed by atoms with van der Waals surface area (Å²) in [6.45, 7) is 8.26. The molecule has 3 amide bonds. The summed E-state index contributed by atoms with van der Waals surface area (Å²) in [4.78, 5) is 34.4. The van der Waals surface area contributed by atoms with Crippen molar-refractivity contribution in [2.75, 3.05) is 11.9 Å². The number of hydrogen-bond donors (Lipinski definition) is 3. The second-order valence-corrected chi connectivity index (χ2v) is 7.42. The molecule has 2 heterocycles. The van der Waals surface area contributed by atoms with Crippen LogP contribution in [0.2, 0.25) is 0 Å². The Kier molecular flexibility index (Phi) is 6.73. The van der Waals surface area contributed by atoms with Crippen LogP contribution in [0.3, 0.4) is 0 Å². The predicted octanol–water partition coefficient (Wildman–Crippen LogP) is 2.91. The Morgan fingerprint density at radius 1 is 1.35 bits per heavy atom. The second-order valence-electron chi connectivity index (χ2n) is 6.15. The summed E-state index contributed by atoms with van der Waals surface area (Å²) < 4.78 is 1.67. The minimum absolute atomic E-state index is 0.236. The van der Waals surface area contributed by atoms with E-state index in [0.29, 0.717) is 18.1 Å². The van der Waals surface area contributed by atoms with E-state index in [-0.39, 0.29) is 17.8 Å². The summed E-state index contributed by atoms with van der Waals surface area (Å²) in [5.41, 5.74) is 0.339. The Balaban J connectivity index is 2.07. The van der Waals surface area contributed by atoms with Crippen molar-refractivity contribution < 1.29 is 9.59 Å². The van der Waals surface area contributed by atoms with Crippen LogP contribution in [0.25, 0.3) is 0 Å². The number of thiazole rings is 1. The number of nitrogens with zero attached hydrogens (tertiary/aromatic N) is 3. The van der Waals surface area contributed by atoms with Crippen LogP contribution in [0, 0.1) is 13.8 Å². The van der Waals surface area contributed by atoms with Crippen molar-refractivity contribution in [2.24, 2.45) is 7.05 Å². The molecular formula is C17H26N6O2S. The molecule has 2 aromatic heterocycles. The molecule has 1 unspecified atom stereocenters. The predicted molar refractivity (Wildman–Crippen MR) is 103 cm³/mol. The highest BCUT2D eigenvalue weighted by molar-refractivity contribution is 7.11. The van der Waals surface area contributed by atoms with Gasteiger partial charge in [0.2, 0.25) is 0 Å². The van der Waals surface area contributed by atoms with Crippen LogP contribution < -0.4 is 16.0 Å². The highest BCUT2D eigenvalue weighted by Crippen LogP contribution is 2.20. The number of urea groups is 1. The van der Waals surface area contributed by atoms with Crippen LogP contribution >= 0.6 is 11.3 Å². The van der Waals surface area contributed by atoms with Crippen molar-refractivity contribution in [3.8, 4) is 0 Å². The number of imidazole rings is 1. The van der Waals surface area contributed by atoms with Crippen LogP contribution in [0.5, 0.6) is 0 Å². The molecule has 0 aliphatic rings. The number of carbonyl (C=O) groups is 2. The van der Waals surface area contributed by atoms with Gasteiger partial charge in [0.1, 0.15) is 10.8 Å². The number of aryl methyl sites for hydroxylation is 2. The van der Waals surface area contributed by atoms with Gasteiger partial charge in [0.15, 0.2) is 11.5 Å². The molecule has 142 valence electrons. The minimum atomic E-state index is -0.425. The Labute approximate surface area is 157 Å². The Morgan fingerprint density at radius 2 is 2.08 bits per heavy atom. The molecule has 9 heteroatoms. The summed E-state index contributed by atoms with van der Waals surface area (Å²) in [5, 5.41) is 9.19. The number of carbonyl (C=O) groups excluding carboxylic acids is 2. The maximum Gasteiger partial charge on any atom is 0.321 e. The zero-order valence-corrected chi connectivity index (χ0v) is 16.7. The van der Waals surface area contributed by atoms with Crippen LogP contribution in [-0.4, -0.2) is 33.0 Å². The number of amides is 3. The molecule has 0 bridgehead atoms. The minimum Gasteiger partial charge on any atom is -0.351 e. The first-order chi connectivity index (χ1) is 12.3. The summed E-state index contributed by atoms with van der Waals surface area (Å²) >= 11 is 1.53.